The Balaban J connectivity index is 1.74. The molecular formula is C17H24N2. The van der Waals surface area contributed by atoms with E-state index in [2.05, 4.69) is 35.6 Å². The van der Waals surface area contributed by atoms with E-state index >= 15 is 0 Å². The van der Waals surface area contributed by atoms with Gasteiger partial charge in [-0.2, -0.15) is 0 Å². The predicted molar refractivity (Wildman–Crippen MR) is 77.0 cm³/mol. The molecule has 1 heterocycles. The number of hydrogen-bond acceptors (Lipinski definition) is 2. The second-order valence-corrected chi connectivity index (χ2v) is 7.29. The molecule has 2 heteroatoms. The fourth-order valence-electron chi connectivity index (χ4n) is 5.86. The van der Waals surface area contributed by atoms with Gasteiger partial charge in [0.2, 0.25) is 0 Å². The maximum Gasteiger partial charge on any atom is 0.0305 e. The van der Waals surface area contributed by atoms with Crippen molar-refractivity contribution in [3.63, 3.8) is 0 Å². The normalized spacial score (nSPS) is 43.6. The molecule has 2 atom stereocenters. The van der Waals surface area contributed by atoms with Crippen molar-refractivity contribution < 1.29 is 0 Å². The number of pyridine rings is 1. The van der Waals surface area contributed by atoms with Crippen molar-refractivity contribution in [2.24, 2.45) is 11.8 Å². The molecule has 4 aliphatic carbocycles. The lowest BCUT2D eigenvalue weighted by atomic mass is 9.45. The van der Waals surface area contributed by atoms with Crippen LogP contribution in [0, 0.1) is 11.8 Å². The van der Waals surface area contributed by atoms with Gasteiger partial charge in [-0.05, 0) is 74.0 Å². The Kier molecular flexibility index (Phi) is 2.54. The summed E-state index contributed by atoms with van der Waals surface area (Å²) in [4.78, 5) is 4.39. The minimum Gasteiger partial charge on any atom is -0.311 e. The van der Waals surface area contributed by atoms with Crippen molar-refractivity contribution in [1.29, 1.82) is 0 Å². The summed E-state index contributed by atoms with van der Waals surface area (Å²) in [6.45, 7) is 3.37. The van der Waals surface area contributed by atoms with Crippen LogP contribution in [0.4, 0.5) is 0 Å². The van der Waals surface area contributed by atoms with E-state index in [1.807, 2.05) is 6.20 Å². The zero-order chi connectivity index (χ0) is 12.9. The van der Waals surface area contributed by atoms with Gasteiger partial charge in [-0.3, -0.25) is 4.98 Å². The largest absolute Gasteiger partial charge is 0.311 e. The molecule has 0 spiro atoms. The third-order valence-corrected chi connectivity index (χ3v) is 5.89. The molecule has 0 radical (unpaired) electrons. The van der Waals surface area contributed by atoms with Gasteiger partial charge in [-0.1, -0.05) is 13.0 Å². The minimum atomic E-state index is 0.431. The average Bonchev–Trinajstić information content (AvgIpc) is 2.38. The highest BCUT2D eigenvalue weighted by atomic mass is 15.0. The van der Waals surface area contributed by atoms with E-state index in [0.29, 0.717) is 11.0 Å². The first-order valence-electron chi connectivity index (χ1n) is 7.89. The zero-order valence-corrected chi connectivity index (χ0v) is 11.9. The van der Waals surface area contributed by atoms with Crippen LogP contribution < -0.4 is 5.32 Å². The average molecular weight is 256 g/mol. The summed E-state index contributed by atoms with van der Waals surface area (Å²) in [5.74, 6) is 1.89. The molecule has 0 aromatic carbocycles. The molecule has 2 nitrogen and oxygen atoms in total. The van der Waals surface area contributed by atoms with Gasteiger partial charge in [0.25, 0.3) is 0 Å². The monoisotopic (exact) mass is 256 g/mol. The Morgan fingerprint density at radius 2 is 2.05 bits per heavy atom. The van der Waals surface area contributed by atoms with Gasteiger partial charge < -0.3 is 5.32 Å². The van der Waals surface area contributed by atoms with Gasteiger partial charge in [0.1, 0.15) is 0 Å². The van der Waals surface area contributed by atoms with Crippen LogP contribution in [0.25, 0.3) is 0 Å². The summed E-state index contributed by atoms with van der Waals surface area (Å²) in [5, 5.41) is 3.86. The highest BCUT2D eigenvalue weighted by Gasteiger charge is 2.57. The topological polar surface area (TPSA) is 24.9 Å². The first-order valence-corrected chi connectivity index (χ1v) is 7.89. The highest BCUT2D eigenvalue weighted by molar-refractivity contribution is 5.29. The summed E-state index contributed by atoms with van der Waals surface area (Å²) >= 11 is 0. The second-order valence-electron chi connectivity index (χ2n) is 7.29. The summed E-state index contributed by atoms with van der Waals surface area (Å²) < 4.78 is 0. The van der Waals surface area contributed by atoms with Crippen molar-refractivity contribution in [3.05, 3.63) is 30.1 Å². The highest BCUT2D eigenvalue weighted by Crippen LogP contribution is 2.62. The van der Waals surface area contributed by atoms with Crippen molar-refractivity contribution in [2.45, 2.75) is 56.4 Å². The lowest BCUT2D eigenvalue weighted by molar-refractivity contribution is -0.0400. The second kappa shape index (κ2) is 4.05. The van der Waals surface area contributed by atoms with Crippen LogP contribution in [-0.4, -0.2) is 17.1 Å². The van der Waals surface area contributed by atoms with E-state index < -0.39 is 0 Å². The summed E-state index contributed by atoms with van der Waals surface area (Å²) in [5.41, 5.74) is 2.38. The van der Waals surface area contributed by atoms with Crippen LogP contribution >= 0.6 is 0 Å². The van der Waals surface area contributed by atoms with E-state index in [0.717, 1.165) is 18.4 Å². The van der Waals surface area contributed by atoms with Gasteiger partial charge in [-0.25, -0.2) is 0 Å². The molecule has 4 saturated carbocycles. The van der Waals surface area contributed by atoms with E-state index in [1.165, 1.54) is 44.1 Å². The maximum absolute atomic E-state index is 4.39. The summed E-state index contributed by atoms with van der Waals surface area (Å²) in [7, 11) is 0. The molecule has 4 aliphatic rings. The summed E-state index contributed by atoms with van der Waals surface area (Å²) in [6, 6.07) is 4.44. The van der Waals surface area contributed by atoms with Crippen LogP contribution in [0.15, 0.2) is 24.5 Å². The zero-order valence-electron chi connectivity index (χ0n) is 11.9. The molecule has 1 aromatic heterocycles. The van der Waals surface area contributed by atoms with E-state index in [9.17, 15) is 0 Å². The standard InChI is InChI=1S/C17H24N2/c1-2-19-17-9-13-6-14(10-17)8-16(7-13,12-17)15-4-3-5-18-11-15/h3-5,11,13-14,19H,2,6-10,12H2,1H3. The first-order chi connectivity index (χ1) is 9.24. The van der Waals surface area contributed by atoms with Gasteiger partial charge in [-0.15, -0.1) is 0 Å². The van der Waals surface area contributed by atoms with Gasteiger partial charge >= 0.3 is 0 Å². The van der Waals surface area contributed by atoms with Gasteiger partial charge in [0.15, 0.2) is 0 Å². The van der Waals surface area contributed by atoms with Crippen LogP contribution in [0.2, 0.25) is 0 Å². The molecule has 2 unspecified atom stereocenters. The van der Waals surface area contributed by atoms with Crippen molar-refractivity contribution in [1.82, 2.24) is 10.3 Å². The Morgan fingerprint density at radius 1 is 1.26 bits per heavy atom. The van der Waals surface area contributed by atoms with Crippen molar-refractivity contribution in [2.75, 3.05) is 6.54 Å². The number of nitrogens with one attached hydrogen (secondary N) is 1. The van der Waals surface area contributed by atoms with Crippen molar-refractivity contribution >= 4 is 0 Å². The molecule has 19 heavy (non-hydrogen) atoms. The number of hydrogen-bond donors (Lipinski definition) is 1. The lowest BCUT2D eigenvalue weighted by Crippen LogP contribution is -2.63. The van der Waals surface area contributed by atoms with E-state index in [1.54, 1.807) is 0 Å². The molecule has 102 valence electrons. The Hall–Kier alpha value is -0.890. The van der Waals surface area contributed by atoms with Crippen molar-refractivity contribution in [3.8, 4) is 0 Å². The minimum absolute atomic E-state index is 0.431. The molecular weight excluding hydrogens is 232 g/mol. The number of nitrogens with zero attached hydrogens (tertiary/aromatic N) is 1. The van der Waals surface area contributed by atoms with Crippen LogP contribution in [-0.2, 0) is 5.41 Å². The molecule has 1 aromatic rings. The third-order valence-electron chi connectivity index (χ3n) is 5.89. The SMILES string of the molecule is CCNC12CC3CC(C1)CC(c1cccnc1)(C3)C2. The Morgan fingerprint density at radius 3 is 2.68 bits per heavy atom. The third kappa shape index (κ3) is 1.76. The van der Waals surface area contributed by atoms with Crippen LogP contribution in [0.1, 0.15) is 51.0 Å². The lowest BCUT2D eigenvalue weighted by Gasteiger charge is -2.62. The van der Waals surface area contributed by atoms with E-state index in [4.69, 9.17) is 0 Å². The molecule has 0 aliphatic heterocycles. The molecule has 4 bridgehead atoms. The maximum atomic E-state index is 4.39. The van der Waals surface area contributed by atoms with E-state index in [-0.39, 0.29) is 0 Å². The molecule has 5 rings (SSSR count). The smallest absolute Gasteiger partial charge is 0.0305 e. The quantitative estimate of drug-likeness (QED) is 0.897. The Bertz CT molecular complexity index is 453. The summed E-state index contributed by atoms with van der Waals surface area (Å²) in [6.07, 6.45) is 12.5. The predicted octanol–water partition coefficient (Wildman–Crippen LogP) is 3.28. The first kappa shape index (κ1) is 11.9. The number of aromatic nitrogens is 1. The molecule has 0 saturated heterocycles. The molecule has 0 amide bonds. The number of rotatable bonds is 3. The molecule has 4 fully saturated rings. The van der Waals surface area contributed by atoms with Crippen LogP contribution in [0.5, 0.6) is 0 Å². The van der Waals surface area contributed by atoms with Gasteiger partial charge in [0, 0.05) is 17.9 Å². The van der Waals surface area contributed by atoms with Gasteiger partial charge in [0.05, 0.1) is 0 Å². The fraction of sp³-hybridized carbons (Fsp3) is 0.706. The van der Waals surface area contributed by atoms with Crippen LogP contribution in [0.3, 0.4) is 0 Å². The molecule has 1 N–H and O–H groups in total. The fourth-order valence-corrected chi connectivity index (χ4v) is 5.86. The Labute approximate surface area is 116 Å².